The first-order valence-electron chi connectivity index (χ1n) is 11.8. The summed E-state index contributed by atoms with van der Waals surface area (Å²) in [6.45, 7) is 4.70. The molecule has 1 aliphatic rings. The van der Waals surface area contributed by atoms with E-state index in [4.69, 9.17) is 28.4 Å². The highest BCUT2D eigenvalue weighted by Gasteiger charge is 2.52. The Bertz CT molecular complexity index is 1150. The molecular weight excluding hydrogens is 564 g/mol. The van der Waals surface area contributed by atoms with Gasteiger partial charge in [-0.05, 0) is 29.8 Å². The fraction of sp³-hybridized carbons (Fsp3) is 0.407. The fourth-order valence-electron chi connectivity index (χ4n) is 4.06. The standard InChI is InChI=1S/C27H29BrO10/c1-15(29)33-14-23-25(35-16(2)30)27(37-18(4)32)26(36-17(3)31)24(38-23)19-10-11-22(28)20(12-19)13-34-21-8-6-5-7-9-21/h5-12,23-27H,13-14H2,1-4H3/t23-,24+,25-,26+,27+/m1/s1. The van der Waals surface area contributed by atoms with Gasteiger partial charge in [-0.1, -0.05) is 40.2 Å². The molecule has 0 radical (unpaired) electrons. The summed E-state index contributed by atoms with van der Waals surface area (Å²) in [5, 5.41) is 0. The van der Waals surface area contributed by atoms with Gasteiger partial charge in [-0.2, -0.15) is 0 Å². The first-order chi connectivity index (χ1) is 18.0. The predicted molar refractivity (Wildman–Crippen MR) is 136 cm³/mol. The lowest BCUT2D eigenvalue weighted by Crippen LogP contribution is -2.59. The lowest BCUT2D eigenvalue weighted by atomic mass is 9.90. The van der Waals surface area contributed by atoms with Crippen LogP contribution in [0.15, 0.2) is 53.0 Å². The maximum atomic E-state index is 12.1. The molecule has 1 saturated heterocycles. The molecule has 0 aromatic heterocycles. The summed E-state index contributed by atoms with van der Waals surface area (Å²) in [6.07, 6.45) is -5.64. The van der Waals surface area contributed by atoms with Crippen LogP contribution in [0.1, 0.15) is 44.9 Å². The van der Waals surface area contributed by atoms with Gasteiger partial charge in [0, 0.05) is 37.7 Å². The molecular formula is C27H29BrO10. The van der Waals surface area contributed by atoms with Gasteiger partial charge in [0.2, 0.25) is 0 Å². The minimum Gasteiger partial charge on any atom is -0.489 e. The Morgan fingerprint density at radius 1 is 0.789 bits per heavy atom. The van der Waals surface area contributed by atoms with Crippen molar-refractivity contribution in [3.63, 3.8) is 0 Å². The number of halogens is 1. The van der Waals surface area contributed by atoms with E-state index in [0.717, 1.165) is 10.0 Å². The number of ether oxygens (including phenoxy) is 6. The molecule has 10 nitrogen and oxygen atoms in total. The lowest BCUT2D eigenvalue weighted by molar-refractivity contribution is -0.254. The van der Waals surface area contributed by atoms with Gasteiger partial charge in [0.1, 0.15) is 31.2 Å². The second-order valence-electron chi connectivity index (χ2n) is 8.57. The largest absolute Gasteiger partial charge is 0.489 e. The fourth-order valence-corrected chi connectivity index (χ4v) is 4.42. The molecule has 0 unspecified atom stereocenters. The molecule has 0 aliphatic carbocycles. The van der Waals surface area contributed by atoms with Gasteiger partial charge in [-0.25, -0.2) is 0 Å². The van der Waals surface area contributed by atoms with Crippen molar-refractivity contribution in [2.45, 2.75) is 64.8 Å². The average molecular weight is 593 g/mol. The van der Waals surface area contributed by atoms with Crippen LogP contribution in [0, 0.1) is 0 Å². The summed E-state index contributed by atoms with van der Waals surface area (Å²) in [5.74, 6) is -1.94. The summed E-state index contributed by atoms with van der Waals surface area (Å²) < 4.78 is 34.6. The third-order valence-electron chi connectivity index (χ3n) is 5.53. The number of hydrogen-bond acceptors (Lipinski definition) is 10. The predicted octanol–water partition coefficient (Wildman–Crippen LogP) is 3.83. The molecule has 0 saturated carbocycles. The molecule has 1 aliphatic heterocycles. The molecule has 38 heavy (non-hydrogen) atoms. The number of rotatable bonds is 9. The van der Waals surface area contributed by atoms with Gasteiger partial charge in [-0.3, -0.25) is 19.2 Å². The van der Waals surface area contributed by atoms with E-state index in [1.807, 2.05) is 30.3 Å². The van der Waals surface area contributed by atoms with Crippen LogP contribution in [0.25, 0.3) is 0 Å². The first-order valence-corrected chi connectivity index (χ1v) is 12.6. The van der Waals surface area contributed by atoms with E-state index >= 15 is 0 Å². The molecule has 0 amide bonds. The van der Waals surface area contributed by atoms with E-state index in [1.54, 1.807) is 18.2 Å². The van der Waals surface area contributed by atoms with Gasteiger partial charge >= 0.3 is 23.9 Å². The Kier molecular flexibility index (Phi) is 10.3. The minimum atomic E-state index is -1.24. The zero-order valence-electron chi connectivity index (χ0n) is 21.4. The van der Waals surface area contributed by atoms with Crippen LogP contribution < -0.4 is 4.74 Å². The second-order valence-corrected chi connectivity index (χ2v) is 9.43. The molecule has 204 valence electrons. The van der Waals surface area contributed by atoms with Crippen molar-refractivity contribution in [2.75, 3.05) is 6.61 Å². The normalized spacial score (nSPS) is 22.6. The minimum absolute atomic E-state index is 0.212. The number of para-hydroxylation sites is 1. The van der Waals surface area contributed by atoms with Crippen molar-refractivity contribution in [3.05, 3.63) is 64.1 Å². The van der Waals surface area contributed by atoms with Crippen molar-refractivity contribution < 1.29 is 47.6 Å². The van der Waals surface area contributed by atoms with Crippen LogP contribution in [-0.2, 0) is 49.5 Å². The van der Waals surface area contributed by atoms with Gasteiger partial charge in [-0.15, -0.1) is 0 Å². The highest BCUT2D eigenvalue weighted by molar-refractivity contribution is 9.10. The second kappa shape index (κ2) is 13.4. The van der Waals surface area contributed by atoms with E-state index in [1.165, 1.54) is 27.7 Å². The Morgan fingerprint density at radius 3 is 2.00 bits per heavy atom. The van der Waals surface area contributed by atoms with Gasteiger partial charge in [0.15, 0.2) is 18.3 Å². The molecule has 1 fully saturated rings. The summed E-state index contributed by atoms with van der Waals surface area (Å²) in [6, 6.07) is 14.6. The van der Waals surface area contributed by atoms with Crippen LogP contribution in [-0.4, -0.2) is 54.9 Å². The van der Waals surface area contributed by atoms with E-state index in [-0.39, 0.29) is 13.2 Å². The van der Waals surface area contributed by atoms with Crippen LogP contribution in [0.4, 0.5) is 0 Å². The lowest BCUT2D eigenvalue weighted by Gasteiger charge is -2.44. The van der Waals surface area contributed by atoms with E-state index in [0.29, 0.717) is 11.3 Å². The maximum absolute atomic E-state index is 12.1. The molecule has 1 heterocycles. The van der Waals surface area contributed by atoms with Crippen molar-refractivity contribution in [2.24, 2.45) is 0 Å². The molecule has 2 aromatic carbocycles. The van der Waals surface area contributed by atoms with Crippen LogP contribution in [0.5, 0.6) is 5.75 Å². The topological polar surface area (TPSA) is 124 Å². The summed E-state index contributed by atoms with van der Waals surface area (Å²) in [5.41, 5.74) is 1.33. The van der Waals surface area contributed by atoms with Gasteiger partial charge in [0.05, 0.1) is 0 Å². The summed E-state index contributed by atoms with van der Waals surface area (Å²) in [4.78, 5) is 47.6. The molecule has 0 spiro atoms. The quantitative estimate of drug-likeness (QED) is 0.313. The van der Waals surface area contributed by atoms with Crippen LogP contribution >= 0.6 is 15.9 Å². The van der Waals surface area contributed by atoms with Gasteiger partial charge < -0.3 is 28.4 Å². The molecule has 3 rings (SSSR count). The van der Waals surface area contributed by atoms with Crippen molar-refractivity contribution >= 4 is 39.8 Å². The Hall–Kier alpha value is -3.44. The number of esters is 4. The van der Waals surface area contributed by atoms with Crippen LogP contribution in [0.3, 0.4) is 0 Å². The zero-order chi connectivity index (χ0) is 27.8. The highest BCUT2D eigenvalue weighted by Crippen LogP contribution is 2.38. The van der Waals surface area contributed by atoms with Crippen molar-refractivity contribution in [3.8, 4) is 5.75 Å². The Labute approximate surface area is 228 Å². The number of carbonyl (C=O) groups excluding carboxylic acids is 4. The summed E-state index contributed by atoms with van der Waals surface area (Å²) in [7, 11) is 0. The first kappa shape index (κ1) is 29.1. The smallest absolute Gasteiger partial charge is 0.303 e. The number of carbonyl (C=O) groups is 4. The van der Waals surface area contributed by atoms with E-state index in [2.05, 4.69) is 15.9 Å². The zero-order valence-corrected chi connectivity index (χ0v) is 23.0. The van der Waals surface area contributed by atoms with Gasteiger partial charge in [0.25, 0.3) is 0 Å². The number of hydrogen-bond donors (Lipinski definition) is 0. The molecule has 0 N–H and O–H groups in total. The summed E-state index contributed by atoms with van der Waals surface area (Å²) >= 11 is 3.53. The SMILES string of the molecule is CC(=O)OC[C@H]1O[C@@H](c2ccc(Br)c(COc3ccccc3)c2)[C@H](OC(C)=O)[C@@H](OC(C)=O)[C@@H]1OC(C)=O. The highest BCUT2D eigenvalue weighted by atomic mass is 79.9. The Morgan fingerprint density at radius 2 is 1.39 bits per heavy atom. The molecule has 5 atom stereocenters. The third-order valence-corrected chi connectivity index (χ3v) is 6.30. The van der Waals surface area contributed by atoms with Crippen molar-refractivity contribution in [1.82, 2.24) is 0 Å². The number of benzene rings is 2. The Balaban J connectivity index is 2.01. The van der Waals surface area contributed by atoms with E-state index in [9.17, 15) is 19.2 Å². The average Bonchev–Trinajstić information content (AvgIpc) is 2.84. The molecule has 2 aromatic rings. The monoisotopic (exact) mass is 592 g/mol. The molecule has 0 bridgehead atoms. The van der Waals surface area contributed by atoms with Crippen LogP contribution in [0.2, 0.25) is 0 Å². The van der Waals surface area contributed by atoms with E-state index < -0.39 is 54.4 Å². The third kappa shape index (κ3) is 8.03. The van der Waals surface area contributed by atoms with Crippen molar-refractivity contribution in [1.29, 1.82) is 0 Å². The molecule has 11 heteroatoms. The maximum Gasteiger partial charge on any atom is 0.303 e.